The van der Waals surface area contributed by atoms with Crippen molar-refractivity contribution in [1.82, 2.24) is 0 Å². The molecule has 0 aliphatic carbocycles. The molecule has 0 spiro atoms. The van der Waals surface area contributed by atoms with Gasteiger partial charge in [0, 0.05) is 19.4 Å². The Morgan fingerprint density at radius 2 is 0.505 bits per heavy atom. The highest BCUT2D eigenvalue weighted by molar-refractivity contribution is 7.47. The van der Waals surface area contributed by atoms with Crippen LogP contribution in [0.2, 0.25) is 0 Å². The van der Waals surface area contributed by atoms with Gasteiger partial charge < -0.3 is 20.1 Å². The smallest absolute Gasteiger partial charge is 0.462 e. The molecule has 0 radical (unpaired) electrons. The van der Waals surface area contributed by atoms with Crippen LogP contribution in [0, 0.1) is 0 Å². The standard InChI is InChI=1S/C93H142NO8P/c1-3-5-7-9-11-13-15-17-19-21-23-25-27-29-31-33-35-37-39-41-43-45-47-49-51-53-55-57-59-61-63-65-67-69-71-73-75-77-79-81-83-85-92(95)99-89-91(90-101-103(97,98)100-88-87-94)102-93(96)86-84-82-80-78-76-74-72-70-68-66-64-62-60-58-56-54-52-50-48-46-44-42-40-38-36-34-32-30-28-26-24-22-20-18-16-14-12-10-8-6-4-2/h5-8,11-14,17-20,23-26,29-32,35-38,41-44,47-50,53-56,59-62,65-68,91H,3-4,9-10,15-16,21-22,27-28,33-34,39-40,45-46,51-52,57-58,63-64,69-90,94H2,1-2H3,(H,97,98)/b7-5-,8-6-,13-11-,14-12-,19-17-,20-18-,25-23-,26-24-,31-29-,32-30-,37-35-,38-36-,43-41-,44-42-,49-47-,50-48-,55-53-,56-54-,61-59-,62-60-,67-65-,68-66-. The topological polar surface area (TPSA) is 134 Å². The summed E-state index contributed by atoms with van der Waals surface area (Å²) in [5.74, 6) is -0.872. The first-order chi connectivity index (χ1) is 50.8. The van der Waals surface area contributed by atoms with Gasteiger partial charge in [0.25, 0.3) is 0 Å². The summed E-state index contributed by atoms with van der Waals surface area (Å²) in [7, 11) is -4.42. The fourth-order valence-electron chi connectivity index (χ4n) is 9.82. The molecule has 3 N–H and O–H groups in total. The number of esters is 2. The van der Waals surface area contributed by atoms with E-state index in [2.05, 4.69) is 281 Å². The van der Waals surface area contributed by atoms with Crippen molar-refractivity contribution in [1.29, 1.82) is 0 Å². The maximum atomic E-state index is 12.8. The molecule has 0 aliphatic heterocycles. The monoisotopic (exact) mass is 1430 g/mol. The van der Waals surface area contributed by atoms with Crippen LogP contribution in [0.5, 0.6) is 0 Å². The minimum absolute atomic E-state index is 0.0360. The molecular formula is C93H142NO8P. The minimum Gasteiger partial charge on any atom is -0.462 e. The van der Waals surface area contributed by atoms with Crippen LogP contribution < -0.4 is 5.73 Å². The quantitative estimate of drug-likeness (QED) is 0.0264. The largest absolute Gasteiger partial charge is 0.472 e. The summed E-state index contributed by atoms with van der Waals surface area (Å²) < 4.78 is 33.2. The summed E-state index contributed by atoms with van der Waals surface area (Å²) in [6.07, 6.45) is 136. The summed E-state index contributed by atoms with van der Waals surface area (Å²) in [6.45, 7) is 3.46. The van der Waals surface area contributed by atoms with Crippen molar-refractivity contribution >= 4 is 19.8 Å². The maximum absolute atomic E-state index is 12.8. The van der Waals surface area contributed by atoms with E-state index in [1.54, 1.807) is 0 Å². The molecule has 0 saturated heterocycles. The summed E-state index contributed by atoms with van der Waals surface area (Å²) in [6, 6.07) is 0. The van der Waals surface area contributed by atoms with Gasteiger partial charge in [-0.2, -0.15) is 0 Å². The van der Waals surface area contributed by atoms with Crippen molar-refractivity contribution in [2.75, 3.05) is 26.4 Å². The minimum atomic E-state index is -4.42. The number of hydrogen-bond acceptors (Lipinski definition) is 8. The molecule has 0 fully saturated rings. The highest BCUT2D eigenvalue weighted by atomic mass is 31.2. The van der Waals surface area contributed by atoms with Crippen LogP contribution in [-0.4, -0.2) is 49.3 Å². The Morgan fingerprint density at radius 3 is 0.748 bits per heavy atom. The Morgan fingerprint density at radius 1 is 0.291 bits per heavy atom. The number of unbranched alkanes of at least 4 members (excludes halogenated alkanes) is 14. The number of ether oxygens (including phenoxy) is 2. The second-order valence-corrected chi connectivity index (χ2v) is 26.6. The van der Waals surface area contributed by atoms with Crippen molar-refractivity contribution in [3.8, 4) is 0 Å². The summed E-state index contributed by atoms with van der Waals surface area (Å²) in [5, 5.41) is 0. The van der Waals surface area contributed by atoms with E-state index < -0.39 is 32.5 Å². The van der Waals surface area contributed by atoms with Crippen molar-refractivity contribution < 1.29 is 37.6 Å². The van der Waals surface area contributed by atoms with Crippen LogP contribution >= 0.6 is 7.82 Å². The number of rotatable bonds is 71. The van der Waals surface area contributed by atoms with Gasteiger partial charge in [0.15, 0.2) is 6.10 Å². The molecule has 0 aromatic carbocycles. The first-order valence-corrected chi connectivity index (χ1v) is 41.3. The van der Waals surface area contributed by atoms with Gasteiger partial charge >= 0.3 is 19.8 Å². The Balaban J connectivity index is 4.03. The molecule has 2 atom stereocenters. The van der Waals surface area contributed by atoms with Gasteiger partial charge in [0.05, 0.1) is 13.2 Å². The van der Waals surface area contributed by atoms with Crippen LogP contribution in [0.3, 0.4) is 0 Å². The summed E-state index contributed by atoms with van der Waals surface area (Å²) in [4.78, 5) is 35.5. The molecule has 0 saturated carbocycles. The van der Waals surface area contributed by atoms with Gasteiger partial charge in [0.1, 0.15) is 6.61 Å². The predicted molar refractivity (Wildman–Crippen MR) is 449 cm³/mol. The second-order valence-electron chi connectivity index (χ2n) is 25.1. The third-order valence-electron chi connectivity index (χ3n) is 15.6. The van der Waals surface area contributed by atoms with E-state index >= 15 is 0 Å². The van der Waals surface area contributed by atoms with Gasteiger partial charge in [-0.1, -0.05) is 345 Å². The average Bonchev–Trinajstić information content (AvgIpc) is 1.08. The van der Waals surface area contributed by atoms with E-state index in [4.69, 9.17) is 24.3 Å². The Kier molecular flexibility index (Phi) is 78.7. The summed E-state index contributed by atoms with van der Waals surface area (Å²) in [5.41, 5.74) is 5.41. The average molecular weight is 1430 g/mol. The molecule has 9 nitrogen and oxygen atoms in total. The molecule has 103 heavy (non-hydrogen) atoms. The first-order valence-electron chi connectivity index (χ1n) is 39.8. The van der Waals surface area contributed by atoms with E-state index in [-0.39, 0.29) is 32.6 Å². The van der Waals surface area contributed by atoms with Crippen LogP contribution in [0.1, 0.15) is 271 Å². The van der Waals surface area contributed by atoms with E-state index in [0.29, 0.717) is 12.8 Å². The number of phosphoric ester groups is 1. The fraction of sp³-hybridized carbons (Fsp3) is 0.505. The lowest BCUT2D eigenvalue weighted by Crippen LogP contribution is -2.29. The lowest BCUT2D eigenvalue weighted by Gasteiger charge is -2.19. The molecule has 572 valence electrons. The molecule has 10 heteroatoms. The van der Waals surface area contributed by atoms with Crippen molar-refractivity contribution in [2.45, 2.75) is 277 Å². The molecule has 0 rings (SSSR count). The number of hydrogen-bond donors (Lipinski definition) is 2. The fourth-order valence-corrected chi connectivity index (χ4v) is 10.6. The lowest BCUT2D eigenvalue weighted by molar-refractivity contribution is -0.161. The van der Waals surface area contributed by atoms with Crippen LogP contribution in [-0.2, 0) is 32.7 Å². The molecule has 0 aromatic heterocycles. The van der Waals surface area contributed by atoms with E-state index in [1.807, 2.05) is 0 Å². The predicted octanol–water partition coefficient (Wildman–Crippen LogP) is 27.4. The zero-order valence-electron chi connectivity index (χ0n) is 64.4. The Bertz CT molecular complexity index is 2710. The molecule has 0 amide bonds. The third-order valence-corrected chi connectivity index (χ3v) is 16.6. The summed E-state index contributed by atoms with van der Waals surface area (Å²) >= 11 is 0. The third kappa shape index (κ3) is 84.1. The SMILES string of the molecule is CC/C=C\C/C=C\C/C=C\C/C=C\C/C=C\C/C=C\C/C=C\C/C=C\C/C=C\C/C=C\C/C=C\CCCCCCCCCC(=O)OCC(COP(=O)(O)OCCN)OC(=O)CCCCCCCCC/C=C\C/C=C\C/C=C\C/C=C\C/C=C\C/C=C\C/C=C\C/C=C\C/C=C\C/C=C\C/C=C\CC. The number of carbonyl (C=O) groups is 2. The first kappa shape index (κ1) is 96.3. The van der Waals surface area contributed by atoms with Crippen LogP contribution in [0.15, 0.2) is 267 Å². The van der Waals surface area contributed by atoms with E-state index in [0.717, 1.165) is 199 Å². The number of phosphoric acid groups is 1. The molecule has 0 heterocycles. The zero-order chi connectivity index (χ0) is 74.3. The van der Waals surface area contributed by atoms with Gasteiger partial charge in [-0.05, 0) is 180 Å². The van der Waals surface area contributed by atoms with Gasteiger partial charge in [-0.25, -0.2) is 4.57 Å². The van der Waals surface area contributed by atoms with Gasteiger partial charge in [0.2, 0.25) is 0 Å². The van der Waals surface area contributed by atoms with E-state index in [9.17, 15) is 19.0 Å². The normalized spacial score (nSPS) is 14.3. The van der Waals surface area contributed by atoms with Crippen LogP contribution in [0.25, 0.3) is 0 Å². The number of carbonyl (C=O) groups excluding carboxylic acids is 2. The molecule has 0 bridgehead atoms. The van der Waals surface area contributed by atoms with Crippen molar-refractivity contribution in [2.24, 2.45) is 5.73 Å². The lowest BCUT2D eigenvalue weighted by atomic mass is 10.1. The highest BCUT2D eigenvalue weighted by Crippen LogP contribution is 2.43. The van der Waals surface area contributed by atoms with Crippen molar-refractivity contribution in [3.05, 3.63) is 267 Å². The van der Waals surface area contributed by atoms with E-state index in [1.165, 1.54) is 32.1 Å². The second kappa shape index (κ2) is 84.2. The van der Waals surface area contributed by atoms with Crippen molar-refractivity contribution in [3.63, 3.8) is 0 Å². The molecule has 0 aromatic rings. The van der Waals surface area contributed by atoms with Crippen LogP contribution in [0.4, 0.5) is 0 Å². The highest BCUT2D eigenvalue weighted by Gasteiger charge is 2.26. The van der Waals surface area contributed by atoms with Gasteiger partial charge in [-0.3, -0.25) is 18.6 Å². The molecule has 2 unspecified atom stereocenters. The molecular weight excluding hydrogens is 1290 g/mol. The molecule has 0 aliphatic rings. The number of nitrogens with two attached hydrogens (primary N) is 1. The Labute approximate surface area is 630 Å². The maximum Gasteiger partial charge on any atom is 0.472 e. The zero-order valence-corrected chi connectivity index (χ0v) is 65.3. The Hall–Kier alpha value is -6.71. The van der Waals surface area contributed by atoms with Gasteiger partial charge in [-0.15, -0.1) is 0 Å². The number of allylic oxidation sites excluding steroid dienone is 44.